The summed E-state index contributed by atoms with van der Waals surface area (Å²) in [4.78, 5) is 17.0. The number of amides is 2. The highest BCUT2D eigenvalue weighted by molar-refractivity contribution is 7.92. The molecule has 2 amide bonds. The molecule has 1 aromatic carbocycles. The van der Waals surface area contributed by atoms with Gasteiger partial charge >= 0.3 is 6.03 Å². The molecule has 21 heavy (non-hydrogen) atoms. The maximum Gasteiger partial charge on any atom is 0.324 e. The Balaban J connectivity index is 2.16. The van der Waals surface area contributed by atoms with E-state index in [-0.39, 0.29) is 5.75 Å². The highest BCUT2D eigenvalue weighted by Crippen LogP contribution is 2.38. The van der Waals surface area contributed by atoms with Crippen LogP contribution in [0.25, 0.3) is 0 Å². The Labute approximate surface area is 121 Å². The van der Waals surface area contributed by atoms with E-state index in [1.54, 1.807) is 30.3 Å². The Morgan fingerprint density at radius 3 is 2.62 bits per heavy atom. The summed E-state index contributed by atoms with van der Waals surface area (Å²) in [6, 6.07) is 8.00. The van der Waals surface area contributed by atoms with Crippen LogP contribution in [0.1, 0.15) is 5.56 Å². The van der Waals surface area contributed by atoms with Gasteiger partial charge in [0.05, 0.1) is 29.0 Å². The van der Waals surface area contributed by atoms with Crippen LogP contribution in [-0.2, 0) is 15.8 Å². The molecule has 3 rings (SSSR count). The van der Waals surface area contributed by atoms with Crippen molar-refractivity contribution in [1.82, 2.24) is 4.98 Å². The average Bonchev–Trinajstić information content (AvgIpc) is 2.75. The van der Waals surface area contributed by atoms with Crippen LogP contribution in [0.2, 0.25) is 0 Å². The molecule has 2 aromatic rings. The summed E-state index contributed by atoms with van der Waals surface area (Å²) in [5, 5.41) is 0. The van der Waals surface area contributed by atoms with Gasteiger partial charge in [-0.15, -0.1) is 0 Å². The van der Waals surface area contributed by atoms with Crippen LogP contribution in [0, 0.1) is 0 Å². The lowest BCUT2D eigenvalue weighted by molar-refractivity contribution is 0.256. The fraction of sp³-hybridized carbons (Fsp3) is 0.0769. The summed E-state index contributed by atoms with van der Waals surface area (Å²) in [7, 11) is -3.44. The molecule has 1 aromatic heterocycles. The van der Waals surface area contributed by atoms with Gasteiger partial charge in [-0.05, 0) is 12.1 Å². The minimum Gasteiger partial charge on any atom is -0.351 e. The van der Waals surface area contributed by atoms with Crippen LogP contribution in [0.5, 0.6) is 0 Å². The van der Waals surface area contributed by atoms with Gasteiger partial charge in [0, 0.05) is 11.8 Å². The van der Waals surface area contributed by atoms with E-state index in [1.165, 1.54) is 17.3 Å². The van der Waals surface area contributed by atoms with Gasteiger partial charge in [-0.25, -0.2) is 13.2 Å². The van der Waals surface area contributed by atoms with Crippen LogP contribution >= 0.6 is 0 Å². The topological polar surface area (TPSA) is 105 Å². The third kappa shape index (κ3) is 2.40. The van der Waals surface area contributed by atoms with Gasteiger partial charge in [0.25, 0.3) is 0 Å². The van der Waals surface area contributed by atoms with Crippen LogP contribution in [0.3, 0.4) is 0 Å². The van der Waals surface area contributed by atoms with E-state index in [0.717, 1.165) is 0 Å². The molecule has 0 fully saturated rings. The van der Waals surface area contributed by atoms with Gasteiger partial charge in [0.2, 0.25) is 10.0 Å². The fourth-order valence-corrected chi connectivity index (χ4v) is 3.49. The lowest BCUT2D eigenvalue weighted by atomic mass is 10.2. The Morgan fingerprint density at radius 2 is 1.95 bits per heavy atom. The maximum absolute atomic E-state index is 11.8. The first-order valence-electron chi connectivity index (χ1n) is 6.10. The second-order valence-corrected chi connectivity index (χ2v) is 6.29. The van der Waals surface area contributed by atoms with Crippen molar-refractivity contribution in [3.63, 3.8) is 0 Å². The van der Waals surface area contributed by atoms with Crippen LogP contribution < -0.4 is 15.4 Å². The standard InChI is InChI=1S/C13H12N4O3S/c14-13(18)17(10-4-2-1-3-5-10)11-7-15-6-9-8-21(19,20)16-12(9)11/h1-7,16H,8H2,(H2,14,18). The monoisotopic (exact) mass is 304 g/mol. The molecule has 0 atom stereocenters. The van der Waals surface area contributed by atoms with Crippen molar-refractivity contribution in [2.24, 2.45) is 5.73 Å². The number of nitrogens with two attached hydrogens (primary N) is 1. The molecule has 0 unspecified atom stereocenters. The van der Waals surface area contributed by atoms with Crippen LogP contribution in [0.4, 0.5) is 21.9 Å². The predicted molar refractivity (Wildman–Crippen MR) is 78.6 cm³/mol. The number of carbonyl (C=O) groups is 1. The lowest BCUT2D eigenvalue weighted by Crippen LogP contribution is -2.32. The second-order valence-electron chi connectivity index (χ2n) is 4.56. The first-order chi connectivity index (χ1) is 9.98. The number of hydrogen-bond acceptors (Lipinski definition) is 4. The lowest BCUT2D eigenvalue weighted by Gasteiger charge is -2.22. The van der Waals surface area contributed by atoms with Gasteiger partial charge in [-0.3, -0.25) is 14.6 Å². The fourth-order valence-electron chi connectivity index (χ4n) is 2.25. The molecule has 1 aliphatic heterocycles. The summed E-state index contributed by atoms with van der Waals surface area (Å²) < 4.78 is 25.8. The first kappa shape index (κ1) is 13.4. The molecule has 0 spiro atoms. The smallest absolute Gasteiger partial charge is 0.324 e. The SMILES string of the molecule is NC(=O)N(c1ccccc1)c1cncc2c1NS(=O)(=O)C2. The molecule has 0 aliphatic carbocycles. The molecule has 2 heterocycles. The zero-order valence-electron chi connectivity index (χ0n) is 10.9. The van der Waals surface area contributed by atoms with Gasteiger partial charge in [0.15, 0.2) is 0 Å². The minimum absolute atomic E-state index is 0.162. The van der Waals surface area contributed by atoms with Crippen molar-refractivity contribution in [3.8, 4) is 0 Å². The molecular weight excluding hydrogens is 292 g/mol. The molecule has 0 saturated carbocycles. The Hall–Kier alpha value is -2.61. The zero-order chi connectivity index (χ0) is 15.0. The van der Waals surface area contributed by atoms with E-state index in [2.05, 4.69) is 9.71 Å². The van der Waals surface area contributed by atoms with E-state index in [4.69, 9.17) is 5.73 Å². The molecular formula is C13H12N4O3S. The molecule has 0 saturated heterocycles. The molecule has 8 heteroatoms. The number of benzene rings is 1. The zero-order valence-corrected chi connectivity index (χ0v) is 11.7. The highest BCUT2D eigenvalue weighted by atomic mass is 32.2. The van der Waals surface area contributed by atoms with Crippen molar-refractivity contribution in [2.75, 3.05) is 9.62 Å². The third-order valence-corrected chi connectivity index (χ3v) is 4.29. The van der Waals surface area contributed by atoms with Gasteiger partial charge in [-0.2, -0.15) is 0 Å². The van der Waals surface area contributed by atoms with Crippen molar-refractivity contribution >= 4 is 33.1 Å². The number of para-hydroxylation sites is 1. The van der Waals surface area contributed by atoms with Crippen molar-refractivity contribution in [1.29, 1.82) is 0 Å². The van der Waals surface area contributed by atoms with Crippen LogP contribution in [-0.4, -0.2) is 19.4 Å². The number of nitrogens with zero attached hydrogens (tertiary/aromatic N) is 2. The maximum atomic E-state index is 11.8. The second kappa shape index (κ2) is 4.74. The number of fused-ring (bicyclic) bond motifs is 1. The molecule has 0 radical (unpaired) electrons. The number of aromatic nitrogens is 1. The molecule has 7 nitrogen and oxygen atoms in total. The van der Waals surface area contributed by atoms with E-state index in [1.807, 2.05) is 0 Å². The van der Waals surface area contributed by atoms with Gasteiger partial charge < -0.3 is 5.73 Å². The van der Waals surface area contributed by atoms with E-state index >= 15 is 0 Å². The van der Waals surface area contributed by atoms with Crippen molar-refractivity contribution in [3.05, 3.63) is 48.3 Å². The number of pyridine rings is 1. The average molecular weight is 304 g/mol. The van der Waals surface area contributed by atoms with Crippen molar-refractivity contribution in [2.45, 2.75) is 5.75 Å². The number of urea groups is 1. The van der Waals surface area contributed by atoms with E-state index in [9.17, 15) is 13.2 Å². The highest BCUT2D eigenvalue weighted by Gasteiger charge is 2.30. The van der Waals surface area contributed by atoms with E-state index < -0.39 is 16.1 Å². The Kier molecular flexibility index (Phi) is 3.02. The van der Waals surface area contributed by atoms with Crippen LogP contribution in [0.15, 0.2) is 42.7 Å². The number of carbonyl (C=O) groups excluding carboxylic acids is 1. The number of sulfonamides is 1. The first-order valence-corrected chi connectivity index (χ1v) is 7.75. The van der Waals surface area contributed by atoms with Gasteiger partial charge in [0.1, 0.15) is 0 Å². The Bertz CT molecular complexity index is 805. The normalized spacial score (nSPS) is 15.0. The Morgan fingerprint density at radius 1 is 1.24 bits per heavy atom. The number of anilines is 3. The number of primary amides is 1. The summed E-state index contributed by atoms with van der Waals surface area (Å²) in [6.45, 7) is 0. The predicted octanol–water partition coefficient (Wildman–Crippen LogP) is 1.55. The molecule has 3 N–H and O–H groups in total. The number of nitrogens with one attached hydrogen (secondary N) is 1. The molecule has 1 aliphatic rings. The summed E-state index contributed by atoms with van der Waals surface area (Å²) in [5.41, 5.74) is 7.14. The summed E-state index contributed by atoms with van der Waals surface area (Å²) in [5.74, 6) is -0.162. The quantitative estimate of drug-likeness (QED) is 0.878. The summed E-state index contributed by atoms with van der Waals surface area (Å²) in [6.07, 6.45) is 2.87. The number of hydrogen-bond donors (Lipinski definition) is 2. The van der Waals surface area contributed by atoms with Gasteiger partial charge in [-0.1, -0.05) is 18.2 Å². The summed E-state index contributed by atoms with van der Waals surface area (Å²) >= 11 is 0. The van der Waals surface area contributed by atoms with Crippen molar-refractivity contribution < 1.29 is 13.2 Å². The number of rotatable bonds is 2. The molecule has 0 bridgehead atoms. The minimum atomic E-state index is -3.44. The largest absolute Gasteiger partial charge is 0.351 e. The van der Waals surface area contributed by atoms with E-state index in [0.29, 0.717) is 22.6 Å². The third-order valence-electron chi connectivity index (χ3n) is 3.08. The molecule has 108 valence electrons.